The van der Waals surface area contributed by atoms with Gasteiger partial charge in [-0.05, 0) is 68.5 Å². The number of benzene rings is 3. The highest BCUT2D eigenvalue weighted by atomic mass is 32.2. The molecule has 1 atom stereocenters. The number of carbonyl (C=O) groups is 3. The number of amides is 4. The van der Waals surface area contributed by atoms with Crippen molar-refractivity contribution < 1.29 is 51.3 Å². The molecule has 4 amide bonds. The highest BCUT2D eigenvalue weighted by molar-refractivity contribution is 7.90. The Kier molecular flexibility index (Phi) is 12.2. The minimum Gasteiger partial charge on any atom is -0.504 e. The van der Waals surface area contributed by atoms with Crippen LogP contribution in [0.5, 0.6) is 17.2 Å². The van der Waals surface area contributed by atoms with E-state index in [9.17, 15) is 43.1 Å². The van der Waals surface area contributed by atoms with Crippen molar-refractivity contribution in [2.24, 2.45) is 7.05 Å². The number of nitrogens with zero attached hydrogens (tertiary/aromatic N) is 9. The summed E-state index contributed by atoms with van der Waals surface area (Å²) in [5.41, 5.74) is -2.41. The third-order valence-electron chi connectivity index (χ3n) is 13.8. The molecule has 4 N–H and O–H groups in total. The molecule has 0 unspecified atom stereocenters. The van der Waals surface area contributed by atoms with Gasteiger partial charge >= 0.3 is 16.2 Å². The van der Waals surface area contributed by atoms with Gasteiger partial charge in [-0.1, -0.05) is 6.92 Å². The Morgan fingerprint density at radius 3 is 2.51 bits per heavy atom. The number of aromatic nitrogens is 4. The number of hydrogen-bond donors (Lipinski definition) is 4. The molecule has 364 valence electrons. The summed E-state index contributed by atoms with van der Waals surface area (Å²) in [4.78, 5) is 61.1. The van der Waals surface area contributed by atoms with Crippen LogP contribution in [0.1, 0.15) is 63.5 Å². The molecule has 24 heteroatoms. The van der Waals surface area contributed by atoms with Crippen LogP contribution >= 0.6 is 0 Å². The fraction of sp³-hybridized carbons (Fsp3) is 0.444. The summed E-state index contributed by atoms with van der Waals surface area (Å²) in [6.45, 7) is 3.19. The summed E-state index contributed by atoms with van der Waals surface area (Å²) in [5.74, 6) is -3.68. The van der Waals surface area contributed by atoms with E-state index in [1.54, 1.807) is 35.7 Å². The number of nitriles is 1. The fourth-order valence-electron chi connectivity index (χ4n) is 9.58. The molecule has 21 nitrogen and oxygen atoms in total. The van der Waals surface area contributed by atoms with Crippen molar-refractivity contribution in [3.05, 3.63) is 70.3 Å². The lowest BCUT2D eigenvalue weighted by Crippen LogP contribution is -2.51. The Hall–Kier alpha value is -6.94. The minimum absolute atomic E-state index is 0.0926. The van der Waals surface area contributed by atoms with Gasteiger partial charge in [0.25, 0.3) is 5.56 Å². The molecule has 4 saturated heterocycles. The van der Waals surface area contributed by atoms with Crippen LogP contribution in [0.2, 0.25) is 0 Å². The summed E-state index contributed by atoms with van der Waals surface area (Å²) in [6, 6.07) is 8.18. The lowest BCUT2D eigenvalue weighted by molar-refractivity contribution is -0.142. The van der Waals surface area contributed by atoms with Crippen molar-refractivity contribution in [1.82, 2.24) is 33.9 Å². The maximum atomic E-state index is 15.7. The van der Waals surface area contributed by atoms with Crippen LogP contribution in [0.15, 0.2) is 47.5 Å². The molecule has 4 fully saturated rings. The third kappa shape index (κ3) is 8.75. The molecule has 2 aromatic heterocycles. The number of carbonyl (C=O) groups excluding carboxylic acids is 3. The van der Waals surface area contributed by atoms with Gasteiger partial charge in [0.1, 0.15) is 22.8 Å². The van der Waals surface area contributed by atoms with E-state index in [1.807, 2.05) is 4.90 Å². The van der Waals surface area contributed by atoms with Gasteiger partial charge in [-0.3, -0.25) is 38.6 Å². The molecule has 0 aliphatic carbocycles. The van der Waals surface area contributed by atoms with Gasteiger partial charge in [-0.2, -0.15) is 23.1 Å². The molecule has 6 heterocycles. The average Bonchev–Trinajstić information content (AvgIpc) is 3.87. The van der Waals surface area contributed by atoms with E-state index in [4.69, 9.17) is 9.47 Å². The first kappa shape index (κ1) is 47.1. The molecule has 9 rings (SSSR count). The zero-order chi connectivity index (χ0) is 49.2. The Morgan fingerprint density at radius 2 is 1.81 bits per heavy atom. The fourth-order valence-corrected chi connectivity index (χ4v) is 10.5. The zero-order valence-corrected chi connectivity index (χ0v) is 38.7. The van der Waals surface area contributed by atoms with Gasteiger partial charge in [0.2, 0.25) is 11.8 Å². The smallest absolute Gasteiger partial charge is 0.329 e. The summed E-state index contributed by atoms with van der Waals surface area (Å²) in [5, 5.41) is 39.8. The number of hydrogen-bond acceptors (Lipinski definition) is 14. The van der Waals surface area contributed by atoms with Crippen LogP contribution in [-0.4, -0.2) is 129 Å². The van der Waals surface area contributed by atoms with E-state index in [-0.39, 0.29) is 92.5 Å². The number of aromatic hydroxyl groups is 1. The minimum atomic E-state index is -4.11. The molecular weight excluding hydrogens is 925 g/mol. The third-order valence-corrected chi connectivity index (χ3v) is 15.3. The second kappa shape index (κ2) is 17.9. The summed E-state index contributed by atoms with van der Waals surface area (Å²) >= 11 is 0. The first-order valence-corrected chi connectivity index (χ1v) is 23.8. The topological polar surface area (TPSA) is 258 Å². The number of anilines is 3. The summed E-state index contributed by atoms with van der Waals surface area (Å²) in [6.07, 6.45) is 3.04. The first-order valence-electron chi connectivity index (χ1n) is 22.4. The van der Waals surface area contributed by atoms with Crippen LogP contribution < -0.4 is 30.1 Å². The molecule has 1 spiro atoms. The lowest BCUT2D eigenvalue weighted by Gasteiger charge is -2.42. The van der Waals surface area contributed by atoms with Gasteiger partial charge in [-0.25, -0.2) is 18.6 Å². The molecule has 0 radical (unpaired) electrons. The van der Waals surface area contributed by atoms with Crippen LogP contribution in [-0.2, 0) is 31.6 Å². The number of rotatable bonds is 11. The predicted molar refractivity (Wildman–Crippen MR) is 245 cm³/mol. The molecule has 0 bridgehead atoms. The number of aryl methyl sites for hydroxylation is 1. The molecule has 0 saturated carbocycles. The highest BCUT2D eigenvalue weighted by Gasteiger charge is 2.46. The van der Waals surface area contributed by atoms with Crippen molar-refractivity contribution in [3.63, 3.8) is 0 Å². The van der Waals surface area contributed by atoms with Crippen LogP contribution in [0.3, 0.4) is 0 Å². The van der Waals surface area contributed by atoms with Gasteiger partial charge in [0, 0.05) is 65.2 Å². The van der Waals surface area contributed by atoms with Crippen LogP contribution in [0.25, 0.3) is 21.8 Å². The van der Waals surface area contributed by atoms with Crippen molar-refractivity contribution in [1.29, 1.82) is 5.26 Å². The lowest BCUT2D eigenvalue weighted by atomic mass is 9.85. The number of likely N-dealkylation sites (tertiary alicyclic amines) is 1. The number of urea groups is 1. The number of halogens is 2. The number of piperidine rings is 2. The number of imide groups is 1. The van der Waals surface area contributed by atoms with Gasteiger partial charge < -0.3 is 29.5 Å². The second-order valence-electron chi connectivity index (χ2n) is 17.9. The normalized spacial score (nSPS) is 19.4. The summed E-state index contributed by atoms with van der Waals surface area (Å²) in [7, 11) is -1.11. The Labute approximate surface area is 393 Å². The van der Waals surface area contributed by atoms with E-state index in [1.165, 1.54) is 41.0 Å². The van der Waals surface area contributed by atoms with Crippen molar-refractivity contribution >= 4 is 67.1 Å². The average molecular weight is 974 g/mol. The van der Waals surface area contributed by atoms with Crippen molar-refractivity contribution in [2.45, 2.75) is 69.1 Å². The molecule has 69 heavy (non-hydrogen) atoms. The Bertz CT molecular complexity index is 3140. The number of nitrogens with one attached hydrogen (secondary N) is 2. The van der Waals surface area contributed by atoms with Crippen molar-refractivity contribution in [3.8, 4) is 23.3 Å². The maximum absolute atomic E-state index is 15.7. The predicted octanol–water partition coefficient (Wildman–Crippen LogP) is 3.73. The molecule has 4 aliphatic heterocycles. The monoisotopic (exact) mass is 973 g/mol. The first-order chi connectivity index (χ1) is 32.8. The highest BCUT2D eigenvalue weighted by Crippen LogP contribution is 2.43. The molecular formula is C45H49F2N11O10S. The molecule has 4 aliphatic rings. The zero-order valence-electron chi connectivity index (χ0n) is 37.9. The SMILES string of the molecule is CCN(C)S(=O)(=O)Nc1ccc(F)c(Oc2ccc3ncn([C@H]4COC5(CCN(C(=O)CC6(O)CCN(c7cc8c(cc7F)c(N7CCC(=O)NC7=O)nn8C)CC6)CC5)C4)c(=O)c3c2O)c1C#N. The van der Waals surface area contributed by atoms with Gasteiger partial charge in [0.15, 0.2) is 28.9 Å². The van der Waals surface area contributed by atoms with E-state index >= 15 is 8.78 Å². The van der Waals surface area contributed by atoms with Gasteiger partial charge in [0.05, 0.1) is 59.0 Å². The largest absolute Gasteiger partial charge is 0.504 e. The van der Waals surface area contributed by atoms with E-state index in [0.29, 0.717) is 48.9 Å². The Balaban J connectivity index is 0.825. The second-order valence-corrected chi connectivity index (χ2v) is 19.7. The molecule has 5 aromatic rings. The number of aliphatic hydroxyl groups is 1. The Morgan fingerprint density at radius 1 is 1.07 bits per heavy atom. The van der Waals surface area contributed by atoms with Crippen LogP contribution in [0, 0.1) is 23.0 Å². The summed E-state index contributed by atoms with van der Waals surface area (Å²) < 4.78 is 74.5. The van der Waals surface area contributed by atoms with E-state index in [2.05, 4.69) is 20.1 Å². The number of phenols is 1. The van der Waals surface area contributed by atoms with E-state index < -0.39 is 73.6 Å². The number of fused-ring (bicyclic) bond motifs is 2. The quantitative estimate of drug-likeness (QED) is 0.147. The number of ether oxygens (including phenoxy) is 2. The van der Waals surface area contributed by atoms with Crippen molar-refractivity contribution in [2.75, 3.05) is 67.4 Å². The standard InChI is InChI=1S/C45H49F2N11O10S/c1-4-53(2)69(65,66)52-31-6-5-29(46)40(28(31)23-48)68-35-8-7-32-38(39(35)61)42(62)58(25-49-32)26-21-45(67-24-26)12-17-56(18-13-45)37(60)22-44(64)10-15-55(16-11-44)34-20-33-27(19-30(34)47)41(51-54(33)3)57-14-9-36(59)50-43(57)63/h5-8,19-20,25-26,52,61,64H,4,9-18,21-22,24H2,1-3H3,(H,50,59,63)/t26-/m1/s1. The van der Waals surface area contributed by atoms with E-state index in [0.717, 1.165) is 16.4 Å². The van der Waals surface area contributed by atoms with Crippen LogP contribution in [0.4, 0.5) is 30.8 Å². The molecule has 3 aromatic carbocycles. The maximum Gasteiger partial charge on any atom is 0.329 e. The van der Waals surface area contributed by atoms with Gasteiger partial charge in [-0.15, -0.1) is 0 Å². The number of phenolic OH excluding ortho intramolecular Hbond substituents is 1.